The Hall–Kier alpha value is -1.97. The Morgan fingerprint density at radius 3 is 2.67 bits per heavy atom. The first-order chi connectivity index (χ1) is 9.85. The van der Waals surface area contributed by atoms with Crippen LogP contribution in [0.1, 0.15) is 55.5 Å². The molecule has 0 saturated heterocycles. The highest BCUT2D eigenvalue weighted by molar-refractivity contribution is 5.86. The topological polar surface area (TPSA) is 52.1 Å². The van der Waals surface area contributed by atoms with E-state index >= 15 is 0 Å². The summed E-state index contributed by atoms with van der Waals surface area (Å²) in [5.41, 5.74) is 4.43. The highest BCUT2D eigenvalue weighted by Crippen LogP contribution is 2.51. The van der Waals surface area contributed by atoms with Crippen molar-refractivity contribution in [3.8, 4) is 0 Å². The van der Waals surface area contributed by atoms with Crippen LogP contribution in [-0.2, 0) is 11.2 Å². The Bertz CT molecular complexity index is 613. The van der Waals surface area contributed by atoms with Crippen LogP contribution in [0.2, 0.25) is 0 Å². The summed E-state index contributed by atoms with van der Waals surface area (Å²) in [6.45, 7) is 10.3. The molecular formula is C17H22N2O2. The average Bonchev–Trinajstić information content (AvgIpc) is 3.18. The molecule has 0 atom stereocenters. The number of carbonyl (C=O) groups excluding carboxylic acids is 1. The molecule has 2 rings (SSSR count). The maximum Gasteiger partial charge on any atom is 0.358 e. The number of hydrogen-bond donors (Lipinski definition) is 0. The Balaban J connectivity index is 2.39. The minimum Gasteiger partial charge on any atom is -0.464 e. The first-order valence-electron chi connectivity index (χ1n) is 7.13. The third kappa shape index (κ3) is 3.57. The van der Waals surface area contributed by atoms with Crippen LogP contribution in [0.4, 0.5) is 0 Å². The molecule has 1 aromatic rings. The van der Waals surface area contributed by atoms with Gasteiger partial charge in [0.25, 0.3) is 0 Å². The summed E-state index contributed by atoms with van der Waals surface area (Å²) in [6.07, 6.45) is 6.60. The Kier molecular flexibility index (Phi) is 4.26. The van der Waals surface area contributed by atoms with Gasteiger partial charge < -0.3 is 4.74 Å². The molecule has 0 spiro atoms. The molecule has 1 heterocycles. The van der Waals surface area contributed by atoms with Crippen LogP contribution >= 0.6 is 0 Å². The van der Waals surface area contributed by atoms with Gasteiger partial charge in [-0.2, -0.15) is 0 Å². The lowest BCUT2D eigenvalue weighted by atomic mass is 9.98. The Labute approximate surface area is 126 Å². The second-order valence-corrected chi connectivity index (χ2v) is 6.10. The van der Waals surface area contributed by atoms with Gasteiger partial charge in [0.15, 0.2) is 5.69 Å². The van der Waals surface area contributed by atoms with Crippen LogP contribution in [0, 0.1) is 5.41 Å². The zero-order chi connectivity index (χ0) is 15.6. The van der Waals surface area contributed by atoms with E-state index in [9.17, 15) is 4.79 Å². The second kappa shape index (κ2) is 5.80. The normalized spacial score (nSPS) is 16.5. The van der Waals surface area contributed by atoms with Crippen molar-refractivity contribution >= 4 is 12.0 Å². The minimum atomic E-state index is -0.466. The van der Waals surface area contributed by atoms with Crippen molar-refractivity contribution in [3.05, 3.63) is 41.0 Å². The van der Waals surface area contributed by atoms with E-state index in [1.54, 1.807) is 0 Å². The monoisotopic (exact) mass is 286 g/mol. The van der Waals surface area contributed by atoms with Crippen LogP contribution in [-0.4, -0.2) is 23.0 Å². The van der Waals surface area contributed by atoms with Gasteiger partial charge in [-0.25, -0.2) is 9.78 Å². The van der Waals surface area contributed by atoms with Gasteiger partial charge in [-0.1, -0.05) is 24.6 Å². The summed E-state index contributed by atoms with van der Waals surface area (Å²) < 4.78 is 4.70. The predicted molar refractivity (Wildman–Crippen MR) is 82.9 cm³/mol. The van der Waals surface area contributed by atoms with Gasteiger partial charge in [0.2, 0.25) is 0 Å². The summed E-state index contributed by atoms with van der Waals surface area (Å²) in [7, 11) is 1.34. The van der Waals surface area contributed by atoms with E-state index < -0.39 is 5.97 Å². The fraction of sp³-hybridized carbons (Fsp3) is 0.471. The van der Waals surface area contributed by atoms with Gasteiger partial charge >= 0.3 is 5.97 Å². The SMILES string of the molecule is C=C(C)Cc1nc(C(=O)OC)cnc1/C=C(\C)C1(C)CC1. The molecule has 0 radical (unpaired) electrons. The first kappa shape index (κ1) is 15.4. The van der Waals surface area contributed by atoms with Gasteiger partial charge in [0, 0.05) is 6.42 Å². The molecule has 0 aromatic carbocycles. The summed E-state index contributed by atoms with van der Waals surface area (Å²) >= 11 is 0. The van der Waals surface area contributed by atoms with E-state index in [0.29, 0.717) is 11.8 Å². The lowest BCUT2D eigenvalue weighted by Gasteiger charge is -2.11. The first-order valence-corrected chi connectivity index (χ1v) is 7.13. The molecule has 0 unspecified atom stereocenters. The number of allylic oxidation sites excluding steroid dienone is 2. The van der Waals surface area contributed by atoms with Crippen molar-refractivity contribution in [2.24, 2.45) is 5.41 Å². The fourth-order valence-electron chi connectivity index (χ4n) is 2.14. The molecule has 1 saturated carbocycles. The molecule has 21 heavy (non-hydrogen) atoms. The molecule has 0 N–H and O–H groups in total. The van der Waals surface area contributed by atoms with Gasteiger partial charge in [-0.3, -0.25) is 4.98 Å². The number of nitrogens with zero attached hydrogens (tertiary/aromatic N) is 2. The van der Waals surface area contributed by atoms with Gasteiger partial charge in [0.05, 0.1) is 24.7 Å². The summed E-state index contributed by atoms with van der Waals surface area (Å²) in [5.74, 6) is -0.466. The molecule has 1 aromatic heterocycles. The van der Waals surface area contributed by atoms with E-state index in [0.717, 1.165) is 17.0 Å². The number of esters is 1. The molecule has 0 bridgehead atoms. The number of carbonyl (C=O) groups is 1. The van der Waals surface area contributed by atoms with Crippen LogP contribution in [0.25, 0.3) is 6.08 Å². The van der Waals surface area contributed by atoms with E-state index in [1.165, 1.54) is 31.7 Å². The van der Waals surface area contributed by atoms with E-state index in [-0.39, 0.29) is 5.69 Å². The third-order valence-electron chi connectivity index (χ3n) is 4.05. The van der Waals surface area contributed by atoms with Crippen LogP contribution in [0.15, 0.2) is 23.9 Å². The zero-order valence-corrected chi connectivity index (χ0v) is 13.2. The number of ether oxygens (including phenoxy) is 1. The van der Waals surface area contributed by atoms with E-state index in [1.807, 2.05) is 6.92 Å². The van der Waals surface area contributed by atoms with Crippen molar-refractivity contribution in [2.45, 2.75) is 40.0 Å². The lowest BCUT2D eigenvalue weighted by molar-refractivity contribution is 0.0593. The maximum absolute atomic E-state index is 11.6. The Morgan fingerprint density at radius 2 is 2.14 bits per heavy atom. The van der Waals surface area contributed by atoms with E-state index in [2.05, 4.69) is 36.5 Å². The molecule has 112 valence electrons. The number of rotatable bonds is 5. The lowest BCUT2D eigenvalue weighted by Crippen LogP contribution is -2.09. The van der Waals surface area contributed by atoms with Crippen molar-refractivity contribution < 1.29 is 9.53 Å². The molecular weight excluding hydrogens is 264 g/mol. The van der Waals surface area contributed by atoms with Crippen LogP contribution in [0.5, 0.6) is 0 Å². The molecule has 0 aliphatic heterocycles. The van der Waals surface area contributed by atoms with Gasteiger partial charge in [0.1, 0.15) is 0 Å². The molecule has 4 heteroatoms. The van der Waals surface area contributed by atoms with Crippen molar-refractivity contribution in [2.75, 3.05) is 7.11 Å². The Morgan fingerprint density at radius 1 is 1.48 bits per heavy atom. The molecule has 0 amide bonds. The second-order valence-electron chi connectivity index (χ2n) is 6.10. The summed E-state index contributed by atoms with van der Waals surface area (Å²) in [4.78, 5) is 20.4. The molecule has 4 nitrogen and oxygen atoms in total. The number of hydrogen-bond acceptors (Lipinski definition) is 4. The molecule has 1 aliphatic rings. The standard InChI is InChI=1S/C17H22N2O2/c1-11(2)8-14-13(9-12(3)17(4)6-7-17)18-10-15(19-14)16(20)21-5/h9-10H,1,6-8H2,2-5H3/b12-9+. The quantitative estimate of drug-likeness (QED) is 0.613. The van der Waals surface area contributed by atoms with Gasteiger partial charge in [-0.05, 0) is 38.2 Å². The summed E-state index contributed by atoms with van der Waals surface area (Å²) in [6, 6.07) is 0. The van der Waals surface area contributed by atoms with Crippen molar-refractivity contribution in [1.29, 1.82) is 0 Å². The largest absolute Gasteiger partial charge is 0.464 e. The number of methoxy groups -OCH3 is 1. The highest BCUT2D eigenvalue weighted by atomic mass is 16.5. The van der Waals surface area contributed by atoms with E-state index in [4.69, 9.17) is 4.74 Å². The average molecular weight is 286 g/mol. The van der Waals surface area contributed by atoms with Crippen molar-refractivity contribution in [3.63, 3.8) is 0 Å². The predicted octanol–water partition coefficient (Wildman–Crippen LogP) is 3.59. The zero-order valence-electron chi connectivity index (χ0n) is 13.2. The van der Waals surface area contributed by atoms with Gasteiger partial charge in [-0.15, -0.1) is 0 Å². The van der Waals surface area contributed by atoms with Crippen LogP contribution in [0.3, 0.4) is 0 Å². The fourth-order valence-corrected chi connectivity index (χ4v) is 2.14. The maximum atomic E-state index is 11.6. The minimum absolute atomic E-state index is 0.237. The smallest absolute Gasteiger partial charge is 0.358 e. The third-order valence-corrected chi connectivity index (χ3v) is 4.05. The highest BCUT2D eigenvalue weighted by Gasteiger charge is 2.38. The molecule has 1 aliphatic carbocycles. The summed E-state index contributed by atoms with van der Waals surface area (Å²) in [5, 5.41) is 0. The number of aromatic nitrogens is 2. The molecule has 1 fully saturated rings. The van der Waals surface area contributed by atoms with Crippen LogP contribution < -0.4 is 0 Å². The van der Waals surface area contributed by atoms with Crippen molar-refractivity contribution in [1.82, 2.24) is 9.97 Å².